The molecule has 0 N–H and O–H groups in total. The van der Waals surface area contributed by atoms with Crippen molar-refractivity contribution >= 4 is 8.41 Å². The standard InChI is InChI=1S/C3H9O.B.3FH/c1-4(2)3;;;;/h1-3H3;;3*1H/q+1;;;;/p-1. The molecule has 0 atom stereocenters. The Hall–Kier alpha value is -0.185. The summed E-state index contributed by atoms with van der Waals surface area (Å²) in [5.41, 5.74) is 0. The van der Waals surface area contributed by atoms with Gasteiger partial charge in [0, 0.05) is 8.41 Å². The van der Waals surface area contributed by atoms with Crippen molar-refractivity contribution in [2.75, 3.05) is 21.3 Å². The fourth-order valence-corrected chi connectivity index (χ4v) is 0. The van der Waals surface area contributed by atoms with Crippen LogP contribution < -0.4 is 4.70 Å². The van der Waals surface area contributed by atoms with Gasteiger partial charge in [0.25, 0.3) is 0 Å². The molecular weight excluding hydrogens is 120 g/mol. The smallest absolute Gasteiger partial charge is 0.135 e. The highest BCUT2D eigenvalue weighted by Crippen LogP contribution is 1.60. The minimum absolute atomic E-state index is 0. The lowest BCUT2D eigenvalue weighted by Crippen LogP contribution is -3.00. The van der Waals surface area contributed by atoms with Crippen molar-refractivity contribution in [1.82, 2.24) is 0 Å². The molecule has 1 nitrogen and oxygen atoms in total. The van der Waals surface area contributed by atoms with Crippen LogP contribution in [0.1, 0.15) is 0 Å². The highest BCUT2D eigenvalue weighted by atomic mass is 19.0. The van der Waals surface area contributed by atoms with E-state index in [4.69, 9.17) is 0 Å². The van der Waals surface area contributed by atoms with Crippen molar-refractivity contribution < 1.29 is 18.5 Å². The van der Waals surface area contributed by atoms with Crippen LogP contribution in [0.2, 0.25) is 0 Å². The SMILES string of the molecule is C[O+](C)C.F.F.[B].[F-]. The van der Waals surface area contributed by atoms with Gasteiger partial charge in [0.2, 0.25) is 0 Å². The van der Waals surface area contributed by atoms with Crippen molar-refractivity contribution in [2.45, 2.75) is 0 Å². The second kappa shape index (κ2) is 29.1. The highest BCUT2D eigenvalue weighted by molar-refractivity contribution is 5.75. The lowest BCUT2D eigenvalue weighted by Gasteiger charge is -1.90. The van der Waals surface area contributed by atoms with Crippen molar-refractivity contribution in [3.63, 3.8) is 0 Å². The van der Waals surface area contributed by atoms with Gasteiger partial charge in [0.15, 0.2) is 0 Å². The van der Waals surface area contributed by atoms with Crippen molar-refractivity contribution in [3.05, 3.63) is 0 Å². The summed E-state index contributed by atoms with van der Waals surface area (Å²) in [7, 11) is 5.75. The van der Waals surface area contributed by atoms with Crippen molar-refractivity contribution in [2.24, 2.45) is 0 Å². The second-order valence-electron chi connectivity index (χ2n) is 1.22. The first-order valence-corrected chi connectivity index (χ1v) is 1.22. The highest BCUT2D eigenvalue weighted by Gasteiger charge is 1.61. The zero-order chi connectivity index (χ0) is 3.58. The third-order valence-corrected chi connectivity index (χ3v) is 0. The number of hydrogen-bond acceptors (Lipinski definition) is 0. The van der Waals surface area contributed by atoms with E-state index in [0.717, 1.165) is 0 Å². The molecule has 0 saturated carbocycles. The van der Waals surface area contributed by atoms with Gasteiger partial charge >= 0.3 is 0 Å². The zero-order valence-corrected chi connectivity index (χ0v) is 5.18. The van der Waals surface area contributed by atoms with E-state index in [9.17, 15) is 0 Å². The van der Waals surface area contributed by atoms with E-state index < -0.39 is 0 Å². The van der Waals surface area contributed by atoms with E-state index in [1.165, 1.54) is 0 Å². The zero-order valence-electron chi connectivity index (χ0n) is 5.18. The fourth-order valence-electron chi connectivity index (χ4n) is 0. The lowest BCUT2D eigenvalue weighted by molar-refractivity contribution is -0.00282. The molecule has 53 valence electrons. The fraction of sp³-hybridized carbons (Fsp3) is 1.00. The molecule has 0 saturated heterocycles. The van der Waals surface area contributed by atoms with Gasteiger partial charge in [0.1, 0.15) is 21.3 Å². The van der Waals surface area contributed by atoms with Crippen LogP contribution in [0.15, 0.2) is 0 Å². The van der Waals surface area contributed by atoms with Gasteiger partial charge in [-0.15, -0.1) is 0 Å². The van der Waals surface area contributed by atoms with Crippen LogP contribution >= 0.6 is 0 Å². The number of halogens is 3. The summed E-state index contributed by atoms with van der Waals surface area (Å²) in [5, 5.41) is 0. The molecule has 0 aliphatic heterocycles. The molecule has 0 heterocycles. The first-order valence-electron chi connectivity index (χ1n) is 1.22. The molecule has 8 heavy (non-hydrogen) atoms. The predicted molar refractivity (Wildman–Crippen MR) is 29.6 cm³/mol. The van der Waals surface area contributed by atoms with Crippen molar-refractivity contribution in [1.29, 1.82) is 0 Å². The summed E-state index contributed by atoms with van der Waals surface area (Å²) in [5.74, 6) is 0. The first-order chi connectivity index (χ1) is 1.73. The number of rotatable bonds is 0. The van der Waals surface area contributed by atoms with Crippen LogP contribution in [0.5, 0.6) is 0 Å². The van der Waals surface area contributed by atoms with Gasteiger partial charge in [-0.25, -0.2) is 0 Å². The molecule has 0 unspecified atom stereocenters. The summed E-state index contributed by atoms with van der Waals surface area (Å²) in [6.07, 6.45) is 0. The van der Waals surface area contributed by atoms with Crippen LogP contribution in [0.4, 0.5) is 9.41 Å². The predicted octanol–water partition coefficient (Wildman–Crippen LogP) is -2.64. The third kappa shape index (κ3) is 3940. The molecule has 0 bridgehead atoms. The molecule has 0 aliphatic carbocycles. The Morgan fingerprint density at radius 1 is 0.875 bits per heavy atom. The van der Waals surface area contributed by atoms with Gasteiger partial charge in [-0.1, -0.05) is 0 Å². The molecule has 0 aromatic rings. The van der Waals surface area contributed by atoms with E-state index in [2.05, 4.69) is 4.37 Å². The van der Waals surface area contributed by atoms with Gasteiger partial charge in [0.05, 0.1) is 0 Å². The third-order valence-electron chi connectivity index (χ3n) is 0. The summed E-state index contributed by atoms with van der Waals surface area (Å²) in [6, 6.07) is 0. The molecule has 0 aliphatic rings. The van der Waals surface area contributed by atoms with E-state index >= 15 is 0 Å². The van der Waals surface area contributed by atoms with E-state index in [1.54, 1.807) is 0 Å². The van der Waals surface area contributed by atoms with Gasteiger partial charge in [-0.05, 0) is 0 Å². The maximum absolute atomic E-state index is 2.58. The maximum atomic E-state index is 2.58. The Labute approximate surface area is 49.4 Å². The summed E-state index contributed by atoms with van der Waals surface area (Å²) >= 11 is 0. The van der Waals surface area contributed by atoms with E-state index in [1.807, 2.05) is 21.3 Å². The molecule has 5 heteroatoms. The topological polar surface area (TPSA) is 2.70 Å². The largest absolute Gasteiger partial charge is 1.00 e. The molecule has 0 aromatic carbocycles. The molecule has 0 aromatic heterocycles. The van der Waals surface area contributed by atoms with Crippen LogP contribution in [-0.4, -0.2) is 29.7 Å². The van der Waals surface area contributed by atoms with Gasteiger partial charge in [-0.3, -0.25) is 9.41 Å². The minimum Gasteiger partial charge on any atom is -1.00 e. The minimum atomic E-state index is 0. The van der Waals surface area contributed by atoms with Crippen LogP contribution in [0.25, 0.3) is 0 Å². The molecule has 0 amide bonds. The van der Waals surface area contributed by atoms with Crippen LogP contribution in [0.3, 0.4) is 0 Å². The Morgan fingerprint density at radius 3 is 0.875 bits per heavy atom. The van der Waals surface area contributed by atoms with Gasteiger partial charge in [-0.2, -0.15) is 0 Å². The van der Waals surface area contributed by atoms with Gasteiger partial charge < -0.3 is 9.07 Å². The van der Waals surface area contributed by atoms with Crippen molar-refractivity contribution in [3.8, 4) is 0 Å². The van der Waals surface area contributed by atoms with E-state index in [-0.39, 0.29) is 22.5 Å². The molecule has 0 spiro atoms. The monoisotopic (exact) mass is 131 g/mol. The summed E-state index contributed by atoms with van der Waals surface area (Å²) in [4.78, 5) is 0. The van der Waals surface area contributed by atoms with Crippen LogP contribution in [-0.2, 0) is 4.37 Å². The molecule has 3 radical (unpaired) electrons. The Balaban J connectivity index is -0.00000000750. The van der Waals surface area contributed by atoms with Crippen LogP contribution in [0, 0.1) is 0 Å². The average Bonchev–Trinajstić information content (AvgIpc) is 0.811. The Bertz CT molecular complexity index is 19.2. The summed E-state index contributed by atoms with van der Waals surface area (Å²) in [6.45, 7) is 0. The Kier molecular flexibility index (Phi) is 167. The average molecular weight is 131 g/mol. The molecule has 0 fully saturated rings. The van der Waals surface area contributed by atoms with E-state index in [0.29, 0.717) is 0 Å². The Morgan fingerprint density at radius 2 is 0.875 bits per heavy atom. The lowest BCUT2D eigenvalue weighted by atomic mass is 10.8. The second-order valence-corrected chi connectivity index (χ2v) is 1.22. The number of hydrogen-bond donors (Lipinski definition) is 0. The molecule has 0 rings (SSSR count). The quantitative estimate of drug-likeness (QED) is 0.249. The first kappa shape index (κ1) is 45.8. The maximum Gasteiger partial charge on any atom is 0.135 e. The normalized spacial score (nSPS) is 4.50. The molecular formula is C3H11BF3O. The summed E-state index contributed by atoms with van der Waals surface area (Å²) < 4.78 is 2.58.